The molecule has 1 aliphatic rings. The molecular weight excluding hydrogens is 231 g/mol. The molecule has 1 aliphatic heterocycles. The highest BCUT2D eigenvalue weighted by molar-refractivity contribution is 5.72. The predicted molar refractivity (Wildman–Crippen MR) is 66.8 cm³/mol. The number of hydrogen-bond acceptors (Lipinski definition) is 3. The Balaban J connectivity index is 2.12. The maximum absolute atomic E-state index is 13.8. The van der Waals surface area contributed by atoms with E-state index in [1.165, 1.54) is 6.07 Å². The lowest BCUT2D eigenvalue weighted by molar-refractivity contribution is 0.242. The summed E-state index contributed by atoms with van der Waals surface area (Å²) in [5.41, 5.74) is 8.08. The van der Waals surface area contributed by atoms with Gasteiger partial charge in [0.25, 0.3) is 0 Å². The minimum atomic E-state index is -0.223. The van der Waals surface area contributed by atoms with E-state index in [-0.39, 0.29) is 11.9 Å². The van der Waals surface area contributed by atoms with Crippen molar-refractivity contribution in [3.63, 3.8) is 0 Å². The molecule has 1 aromatic heterocycles. The number of nitrogens with two attached hydrogens (primary N) is 1. The molecule has 2 N–H and O–H groups in total. The lowest BCUT2D eigenvalue weighted by Crippen LogP contribution is -2.24. The molecular formula is C14H13FN2O. The van der Waals surface area contributed by atoms with Gasteiger partial charge in [0.15, 0.2) is 0 Å². The molecule has 4 heteroatoms. The number of pyridine rings is 1. The van der Waals surface area contributed by atoms with Crippen molar-refractivity contribution in [3.8, 4) is 16.9 Å². The predicted octanol–water partition coefficient (Wildman–Crippen LogP) is 2.15. The van der Waals surface area contributed by atoms with E-state index in [4.69, 9.17) is 10.5 Å². The Morgan fingerprint density at radius 3 is 2.78 bits per heavy atom. The van der Waals surface area contributed by atoms with Gasteiger partial charge in [-0.1, -0.05) is 0 Å². The summed E-state index contributed by atoms with van der Waals surface area (Å²) in [5.74, 6) is 0.399. The van der Waals surface area contributed by atoms with Gasteiger partial charge in [0.1, 0.15) is 17.7 Å². The molecule has 0 amide bonds. The van der Waals surface area contributed by atoms with E-state index in [9.17, 15) is 4.39 Å². The molecule has 2 heterocycles. The Labute approximate surface area is 104 Å². The Morgan fingerprint density at radius 2 is 2.06 bits per heavy atom. The van der Waals surface area contributed by atoms with Crippen LogP contribution in [0.5, 0.6) is 5.75 Å². The number of hydrogen-bond donors (Lipinski definition) is 1. The molecule has 0 unspecified atom stereocenters. The zero-order chi connectivity index (χ0) is 12.5. The van der Waals surface area contributed by atoms with Gasteiger partial charge in [0.2, 0.25) is 0 Å². The van der Waals surface area contributed by atoms with Gasteiger partial charge in [-0.3, -0.25) is 4.98 Å². The highest BCUT2D eigenvalue weighted by Crippen LogP contribution is 2.39. The lowest BCUT2D eigenvalue weighted by Gasteiger charge is -2.10. The third kappa shape index (κ3) is 1.75. The summed E-state index contributed by atoms with van der Waals surface area (Å²) in [5, 5.41) is 0. The van der Waals surface area contributed by atoms with E-state index < -0.39 is 0 Å². The van der Waals surface area contributed by atoms with E-state index in [2.05, 4.69) is 4.98 Å². The monoisotopic (exact) mass is 244 g/mol. The highest BCUT2D eigenvalue weighted by Gasteiger charge is 2.27. The largest absolute Gasteiger partial charge is 0.488 e. The van der Waals surface area contributed by atoms with Crippen LogP contribution in [0.1, 0.15) is 5.56 Å². The zero-order valence-corrected chi connectivity index (χ0v) is 9.77. The molecule has 1 aromatic carbocycles. The van der Waals surface area contributed by atoms with Crippen LogP contribution in [0.4, 0.5) is 4.39 Å². The van der Waals surface area contributed by atoms with Gasteiger partial charge >= 0.3 is 0 Å². The molecule has 0 radical (unpaired) electrons. The summed E-state index contributed by atoms with van der Waals surface area (Å²) in [7, 11) is 0. The van der Waals surface area contributed by atoms with Gasteiger partial charge in [-0.25, -0.2) is 4.39 Å². The number of ether oxygens (including phenoxy) is 1. The molecule has 0 saturated heterocycles. The van der Waals surface area contributed by atoms with Crippen molar-refractivity contribution < 1.29 is 9.13 Å². The fraction of sp³-hybridized carbons (Fsp3) is 0.214. The van der Waals surface area contributed by atoms with E-state index in [1.807, 2.05) is 12.1 Å². The summed E-state index contributed by atoms with van der Waals surface area (Å²) in [6, 6.07) is 6.98. The first-order valence-corrected chi connectivity index (χ1v) is 5.88. The summed E-state index contributed by atoms with van der Waals surface area (Å²) in [4.78, 5) is 3.98. The van der Waals surface area contributed by atoms with Crippen molar-refractivity contribution in [2.45, 2.75) is 12.5 Å². The van der Waals surface area contributed by atoms with Crippen LogP contribution in [0, 0.1) is 5.82 Å². The van der Waals surface area contributed by atoms with Crippen molar-refractivity contribution in [1.82, 2.24) is 4.98 Å². The molecule has 0 saturated carbocycles. The second-order valence-corrected chi connectivity index (χ2v) is 4.32. The maximum Gasteiger partial charge on any atom is 0.133 e. The normalized spacial score (nSPS) is 17.3. The van der Waals surface area contributed by atoms with Gasteiger partial charge in [0, 0.05) is 36.5 Å². The average molecular weight is 244 g/mol. The summed E-state index contributed by atoms with van der Waals surface area (Å²) >= 11 is 0. The number of aromatic nitrogens is 1. The summed E-state index contributed by atoms with van der Waals surface area (Å²) in [6.45, 7) is 0.393. The van der Waals surface area contributed by atoms with Gasteiger partial charge in [-0.15, -0.1) is 0 Å². The van der Waals surface area contributed by atoms with Gasteiger partial charge in [-0.2, -0.15) is 0 Å². The molecule has 92 valence electrons. The minimum Gasteiger partial charge on any atom is -0.488 e. The first kappa shape index (κ1) is 11.2. The fourth-order valence-corrected chi connectivity index (χ4v) is 2.25. The van der Waals surface area contributed by atoms with Gasteiger partial charge in [-0.05, 0) is 29.8 Å². The van der Waals surface area contributed by atoms with E-state index in [1.54, 1.807) is 18.5 Å². The van der Waals surface area contributed by atoms with Crippen LogP contribution >= 0.6 is 0 Å². The first-order chi connectivity index (χ1) is 8.79. The van der Waals surface area contributed by atoms with Crippen molar-refractivity contribution in [3.05, 3.63) is 48.0 Å². The standard InChI is InChI=1S/C14H13FN2O/c15-13-2-1-11(9-3-5-17-6-4-9)14-12(13)7-10(8-16)18-14/h1-6,10H,7-8,16H2/t10-/m1/s1. The fourth-order valence-electron chi connectivity index (χ4n) is 2.25. The van der Waals surface area contributed by atoms with E-state index in [0.717, 1.165) is 11.1 Å². The average Bonchev–Trinajstić information content (AvgIpc) is 2.85. The Hall–Kier alpha value is -1.94. The van der Waals surface area contributed by atoms with Crippen molar-refractivity contribution in [2.24, 2.45) is 5.73 Å². The molecule has 0 fully saturated rings. The van der Waals surface area contributed by atoms with Crippen LogP contribution in [0.15, 0.2) is 36.7 Å². The third-order valence-electron chi connectivity index (χ3n) is 3.17. The first-order valence-electron chi connectivity index (χ1n) is 5.88. The van der Waals surface area contributed by atoms with Crippen LogP contribution < -0.4 is 10.5 Å². The molecule has 0 spiro atoms. The van der Waals surface area contributed by atoms with Crippen LogP contribution in [-0.4, -0.2) is 17.6 Å². The lowest BCUT2D eigenvalue weighted by atomic mass is 10.0. The van der Waals surface area contributed by atoms with Gasteiger partial charge in [0.05, 0.1) is 0 Å². The zero-order valence-electron chi connectivity index (χ0n) is 9.77. The Morgan fingerprint density at radius 1 is 1.28 bits per heavy atom. The summed E-state index contributed by atoms with van der Waals surface area (Å²) in [6.07, 6.45) is 3.83. The van der Waals surface area contributed by atoms with Crippen LogP contribution in [0.3, 0.4) is 0 Å². The van der Waals surface area contributed by atoms with E-state index >= 15 is 0 Å². The van der Waals surface area contributed by atoms with Crippen molar-refractivity contribution in [2.75, 3.05) is 6.54 Å². The number of nitrogens with zero attached hydrogens (tertiary/aromatic N) is 1. The van der Waals surface area contributed by atoms with Crippen LogP contribution in [0.25, 0.3) is 11.1 Å². The van der Waals surface area contributed by atoms with Crippen LogP contribution in [-0.2, 0) is 6.42 Å². The molecule has 18 heavy (non-hydrogen) atoms. The quantitative estimate of drug-likeness (QED) is 0.880. The van der Waals surface area contributed by atoms with E-state index in [0.29, 0.717) is 24.3 Å². The topological polar surface area (TPSA) is 48.1 Å². The molecule has 0 aliphatic carbocycles. The smallest absolute Gasteiger partial charge is 0.133 e. The summed E-state index contributed by atoms with van der Waals surface area (Å²) < 4.78 is 19.5. The Kier molecular flexibility index (Phi) is 2.72. The SMILES string of the molecule is NC[C@H]1Cc2c(F)ccc(-c3ccncc3)c2O1. The number of halogens is 1. The Bertz CT molecular complexity index is 572. The minimum absolute atomic E-state index is 0.127. The molecule has 1 atom stereocenters. The second kappa shape index (κ2) is 4.38. The number of benzene rings is 1. The molecule has 3 nitrogen and oxygen atoms in total. The molecule has 2 aromatic rings. The second-order valence-electron chi connectivity index (χ2n) is 4.32. The van der Waals surface area contributed by atoms with Crippen molar-refractivity contribution in [1.29, 1.82) is 0 Å². The number of rotatable bonds is 2. The highest BCUT2D eigenvalue weighted by atomic mass is 19.1. The molecule has 3 rings (SSSR count). The number of fused-ring (bicyclic) bond motifs is 1. The van der Waals surface area contributed by atoms with Crippen LogP contribution in [0.2, 0.25) is 0 Å². The molecule has 0 bridgehead atoms. The van der Waals surface area contributed by atoms with Crippen molar-refractivity contribution >= 4 is 0 Å². The maximum atomic E-state index is 13.8. The third-order valence-corrected chi connectivity index (χ3v) is 3.17. The van der Waals surface area contributed by atoms with Gasteiger partial charge < -0.3 is 10.5 Å².